The monoisotopic (exact) mass is 285 g/mol. The molecule has 2 aromatic rings. The predicted molar refractivity (Wildman–Crippen MR) is 77.6 cm³/mol. The minimum Gasteiger partial charge on any atom is -0.458 e. The van der Waals surface area contributed by atoms with E-state index < -0.39 is 0 Å². The maximum atomic E-state index is 6.14. The van der Waals surface area contributed by atoms with Gasteiger partial charge < -0.3 is 9.73 Å². The van der Waals surface area contributed by atoms with Crippen molar-refractivity contribution in [2.45, 2.75) is 32.7 Å². The van der Waals surface area contributed by atoms with Crippen molar-refractivity contribution in [3.63, 3.8) is 0 Å². The molecule has 0 bridgehead atoms. The first kappa shape index (κ1) is 13.7. The summed E-state index contributed by atoms with van der Waals surface area (Å²) in [7, 11) is 0. The van der Waals surface area contributed by atoms with Crippen LogP contribution >= 0.6 is 23.2 Å². The SMILES string of the molecule is CCCC(NCC)c1cc2cc(Cl)cc(Cl)c2o1. The van der Waals surface area contributed by atoms with Gasteiger partial charge in [-0.05, 0) is 31.2 Å². The van der Waals surface area contributed by atoms with Crippen LogP contribution in [0.25, 0.3) is 11.0 Å². The second-order valence-electron chi connectivity index (χ2n) is 4.35. The number of hydrogen-bond donors (Lipinski definition) is 1. The normalized spacial score (nSPS) is 13.1. The van der Waals surface area contributed by atoms with Crippen molar-refractivity contribution < 1.29 is 4.42 Å². The summed E-state index contributed by atoms with van der Waals surface area (Å²) < 4.78 is 5.87. The fourth-order valence-electron chi connectivity index (χ4n) is 2.15. The van der Waals surface area contributed by atoms with Gasteiger partial charge in [-0.2, -0.15) is 0 Å². The topological polar surface area (TPSA) is 25.2 Å². The van der Waals surface area contributed by atoms with E-state index in [0.29, 0.717) is 10.0 Å². The van der Waals surface area contributed by atoms with Crippen LogP contribution in [0.1, 0.15) is 38.5 Å². The molecular weight excluding hydrogens is 269 g/mol. The van der Waals surface area contributed by atoms with E-state index in [9.17, 15) is 0 Å². The molecule has 0 spiro atoms. The Labute approximate surface area is 117 Å². The Morgan fingerprint density at radius 3 is 2.67 bits per heavy atom. The van der Waals surface area contributed by atoms with Crippen molar-refractivity contribution in [3.05, 3.63) is 34.0 Å². The first-order chi connectivity index (χ1) is 8.65. The third-order valence-corrected chi connectivity index (χ3v) is 3.43. The van der Waals surface area contributed by atoms with E-state index >= 15 is 0 Å². The summed E-state index contributed by atoms with van der Waals surface area (Å²) >= 11 is 12.1. The minimum absolute atomic E-state index is 0.238. The Morgan fingerprint density at radius 1 is 1.22 bits per heavy atom. The highest BCUT2D eigenvalue weighted by Gasteiger charge is 2.16. The van der Waals surface area contributed by atoms with Crippen LogP contribution in [0.5, 0.6) is 0 Å². The first-order valence-corrected chi connectivity index (χ1v) is 7.03. The highest BCUT2D eigenvalue weighted by atomic mass is 35.5. The lowest BCUT2D eigenvalue weighted by Gasteiger charge is -2.13. The molecule has 0 amide bonds. The molecule has 2 rings (SSSR count). The van der Waals surface area contributed by atoms with E-state index in [-0.39, 0.29) is 6.04 Å². The van der Waals surface area contributed by atoms with Crippen LogP contribution in [0.4, 0.5) is 0 Å². The highest BCUT2D eigenvalue weighted by Crippen LogP contribution is 2.33. The first-order valence-electron chi connectivity index (χ1n) is 6.27. The number of furan rings is 1. The average Bonchev–Trinajstić information content (AvgIpc) is 2.72. The lowest BCUT2D eigenvalue weighted by atomic mass is 10.1. The van der Waals surface area contributed by atoms with Gasteiger partial charge in [0.25, 0.3) is 0 Å². The number of halogens is 2. The molecule has 0 aliphatic rings. The number of hydrogen-bond acceptors (Lipinski definition) is 2. The quantitative estimate of drug-likeness (QED) is 0.818. The summed E-state index contributed by atoms with van der Waals surface area (Å²) in [6.45, 7) is 5.17. The largest absolute Gasteiger partial charge is 0.458 e. The third-order valence-electron chi connectivity index (χ3n) is 2.93. The molecule has 0 saturated carbocycles. The van der Waals surface area contributed by atoms with Gasteiger partial charge in [-0.25, -0.2) is 0 Å². The van der Waals surface area contributed by atoms with Crippen molar-refractivity contribution in [1.82, 2.24) is 5.32 Å². The van der Waals surface area contributed by atoms with Gasteiger partial charge in [0, 0.05) is 10.4 Å². The zero-order chi connectivity index (χ0) is 13.1. The summed E-state index contributed by atoms with van der Waals surface area (Å²) in [6, 6.07) is 5.85. The van der Waals surface area contributed by atoms with Crippen molar-refractivity contribution >= 4 is 34.2 Å². The smallest absolute Gasteiger partial charge is 0.153 e. The molecule has 0 fully saturated rings. The van der Waals surface area contributed by atoms with Gasteiger partial charge in [-0.3, -0.25) is 0 Å². The standard InChI is InChI=1S/C14H17Cl2NO/c1-3-5-12(17-4-2)13-7-9-6-10(15)8-11(16)14(9)18-13/h6-8,12,17H,3-5H2,1-2H3. The Bertz CT molecular complexity index is 530. The zero-order valence-corrected chi connectivity index (χ0v) is 12.1. The molecular formula is C14H17Cl2NO. The van der Waals surface area contributed by atoms with Gasteiger partial charge in [-0.15, -0.1) is 0 Å². The van der Waals surface area contributed by atoms with Crippen LogP contribution in [0, 0.1) is 0 Å². The predicted octanol–water partition coefficient (Wildman–Crippen LogP) is 5.19. The van der Waals surface area contributed by atoms with E-state index in [2.05, 4.69) is 19.2 Å². The second-order valence-corrected chi connectivity index (χ2v) is 5.20. The van der Waals surface area contributed by atoms with Crippen molar-refractivity contribution in [1.29, 1.82) is 0 Å². The van der Waals surface area contributed by atoms with E-state index in [4.69, 9.17) is 27.6 Å². The van der Waals surface area contributed by atoms with Crippen molar-refractivity contribution in [2.24, 2.45) is 0 Å². The number of nitrogens with one attached hydrogen (secondary N) is 1. The third kappa shape index (κ3) is 2.82. The van der Waals surface area contributed by atoms with Gasteiger partial charge in [-0.1, -0.05) is 43.5 Å². The summed E-state index contributed by atoms with van der Waals surface area (Å²) in [6.07, 6.45) is 2.14. The van der Waals surface area contributed by atoms with Gasteiger partial charge in [0.15, 0.2) is 5.58 Å². The zero-order valence-electron chi connectivity index (χ0n) is 10.6. The molecule has 0 aliphatic carbocycles. The lowest BCUT2D eigenvalue weighted by molar-refractivity contribution is 0.414. The number of benzene rings is 1. The molecule has 1 heterocycles. The fourth-order valence-corrected chi connectivity index (χ4v) is 2.70. The summed E-state index contributed by atoms with van der Waals surface area (Å²) in [5.41, 5.74) is 0.718. The van der Waals surface area contributed by atoms with Crippen LogP contribution in [0.15, 0.2) is 22.6 Å². The highest BCUT2D eigenvalue weighted by molar-refractivity contribution is 6.38. The molecule has 4 heteroatoms. The average molecular weight is 286 g/mol. The molecule has 1 unspecified atom stereocenters. The van der Waals surface area contributed by atoms with Crippen LogP contribution in [-0.2, 0) is 0 Å². The van der Waals surface area contributed by atoms with Crippen LogP contribution in [0.2, 0.25) is 10.0 Å². The number of rotatable bonds is 5. The van der Waals surface area contributed by atoms with Crippen LogP contribution < -0.4 is 5.32 Å². The molecule has 1 aromatic heterocycles. The van der Waals surface area contributed by atoms with Crippen molar-refractivity contribution in [2.75, 3.05) is 6.54 Å². The molecule has 0 radical (unpaired) electrons. The van der Waals surface area contributed by atoms with Gasteiger partial charge in [0.2, 0.25) is 0 Å². The molecule has 0 saturated heterocycles. The summed E-state index contributed by atoms with van der Waals surface area (Å²) in [4.78, 5) is 0. The Balaban J connectivity index is 2.41. The van der Waals surface area contributed by atoms with Gasteiger partial charge in [0.1, 0.15) is 5.76 Å². The fraction of sp³-hybridized carbons (Fsp3) is 0.429. The molecule has 1 atom stereocenters. The lowest BCUT2D eigenvalue weighted by Crippen LogP contribution is -2.20. The molecule has 98 valence electrons. The Kier molecular flexibility index (Phi) is 4.55. The van der Waals surface area contributed by atoms with Crippen LogP contribution in [0.3, 0.4) is 0 Å². The Hall–Kier alpha value is -0.700. The second kappa shape index (κ2) is 5.96. The van der Waals surface area contributed by atoms with E-state index in [1.54, 1.807) is 6.07 Å². The van der Waals surface area contributed by atoms with E-state index in [1.807, 2.05) is 12.1 Å². The minimum atomic E-state index is 0.238. The van der Waals surface area contributed by atoms with E-state index in [1.165, 1.54) is 0 Å². The summed E-state index contributed by atoms with van der Waals surface area (Å²) in [5, 5.41) is 5.58. The molecule has 0 aliphatic heterocycles. The molecule has 18 heavy (non-hydrogen) atoms. The molecule has 2 nitrogen and oxygen atoms in total. The Morgan fingerprint density at radius 2 is 2.00 bits per heavy atom. The van der Waals surface area contributed by atoms with Gasteiger partial charge in [0.05, 0.1) is 11.1 Å². The maximum Gasteiger partial charge on any atom is 0.153 e. The molecule has 1 N–H and O–H groups in total. The summed E-state index contributed by atoms with van der Waals surface area (Å²) in [5.74, 6) is 0.929. The molecule has 1 aromatic carbocycles. The number of fused-ring (bicyclic) bond motifs is 1. The maximum absolute atomic E-state index is 6.14. The van der Waals surface area contributed by atoms with Crippen LogP contribution in [-0.4, -0.2) is 6.54 Å². The van der Waals surface area contributed by atoms with E-state index in [0.717, 1.165) is 36.1 Å². The van der Waals surface area contributed by atoms with Gasteiger partial charge >= 0.3 is 0 Å². The van der Waals surface area contributed by atoms with Crippen molar-refractivity contribution in [3.8, 4) is 0 Å².